The van der Waals surface area contributed by atoms with Gasteiger partial charge in [-0.25, -0.2) is 9.37 Å². The molecule has 5 rings (SSSR count). The number of rotatable bonds is 6. The van der Waals surface area contributed by atoms with Gasteiger partial charge in [-0.05, 0) is 65.6 Å². The Hall–Kier alpha value is -3.16. The van der Waals surface area contributed by atoms with Gasteiger partial charge in [-0.2, -0.15) is 0 Å². The number of anilines is 1. The minimum Gasteiger partial charge on any atom is -0.487 e. The van der Waals surface area contributed by atoms with Gasteiger partial charge in [0.15, 0.2) is 0 Å². The summed E-state index contributed by atoms with van der Waals surface area (Å²) >= 11 is 3.11. The summed E-state index contributed by atoms with van der Waals surface area (Å²) in [6, 6.07) is 20.4. The number of hydrogen-bond acceptors (Lipinski definition) is 5. The summed E-state index contributed by atoms with van der Waals surface area (Å²) in [5.41, 5.74) is 7.76. The molecule has 3 aromatic carbocycles. The lowest BCUT2D eigenvalue weighted by atomic mass is 10.00. The lowest BCUT2D eigenvalue weighted by molar-refractivity contribution is -0.115. The number of nitrogens with zero attached hydrogens (tertiary/aromatic N) is 2. The summed E-state index contributed by atoms with van der Waals surface area (Å²) in [4.78, 5) is 18.7. The first-order valence-corrected chi connectivity index (χ1v) is 12.5. The molecular formula is C26H21FN2O2S2. The van der Waals surface area contributed by atoms with Gasteiger partial charge in [0, 0.05) is 11.1 Å². The van der Waals surface area contributed by atoms with Crippen molar-refractivity contribution in [2.75, 3.05) is 10.7 Å². The van der Waals surface area contributed by atoms with Crippen LogP contribution < -0.4 is 9.64 Å². The quantitative estimate of drug-likeness (QED) is 0.314. The zero-order valence-corrected chi connectivity index (χ0v) is 19.5. The molecule has 1 fully saturated rings. The van der Waals surface area contributed by atoms with Gasteiger partial charge in [0.25, 0.3) is 0 Å². The molecule has 7 heteroatoms. The molecule has 1 aliphatic heterocycles. The van der Waals surface area contributed by atoms with Gasteiger partial charge in [-0.3, -0.25) is 9.69 Å². The van der Waals surface area contributed by atoms with Crippen LogP contribution in [0.3, 0.4) is 0 Å². The van der Waals surface area contributed by atoms with Crippen LogP contribution in [0.2, 0.25) is 0 Å². The second-order valence-corrected chi connectivity index (χ2v) is 9.56. The molecule has 0 spiro atoms. The van der Waals surface area contributed by atoms with E-state index < -0.39 is 0 Å². The van der Waals surface area contributed by atoms with E-state index in [0.29, 0.717) is 12.4 Å². The molecule has 0 bridgehead atoms. The molecule has 1 amide bonds. The smallest absolute Gasteiger partial charge is 0.238 e. The van der Waals surface area contributed by atoms with Crippen LogP contribution >= 0.6 is 23.1 Å². The first-order valence-electron chi connectivity index (χ1n) is 10.5. The SMILES string of the molecule is Cc1cc(OCc2cscn2)ccc1-c1ccc(N2C(=O)CSC2c2ccc(F)cc2)cc1. The molecule has 4 aromatic rings. The van der Waals surface area contributed by atoms with Gasteiger partial charge in [0.1, 0.15) is 23.5 Å². The largest absolute Gasteiger partial charge is 0.487 e. The highest BCUT2D eigenvalue weighted by molar-refractivity contribution is 8.00. The Bertz CT molecular complexity index is 1260. The maximum Gasteiger partial charge on any atom is 0.238 e. The van der Waals surface area contributed by atoms with E-state index in [1.807, 2.05) is 41.8 Å². The average Bonchev–Trinajstić information content (AvgIpc) is 3.48. The number of aromatic nitrogens is 1. The fourth-order valence-electron chi connectivity index (χ4n) is 3.89. The highest BCUT2D eigenvalue weighted by Crippen LogP contribution is 2.42. The van der Waals surface area contributed by atoms with Crippen molar-refractivity contribution in [1.29, 1.82) is 0 Å². The normalized spacial score (nSPS) is 15.8. The molecule has 1 unspecified atom stereocenters. The molecule has 2 heterocycles. The van der Waals surface area contributed by atoms with Gasteiger partial charge in [0.2, 0.25) is 5.91 Å². The van der Waals surface area contributed by atoms with Crippen molar-refractivity contribution in [3.05, 3.63) is 100 Å². The Kier molecular flexibility index (Phi) is 6.15. The summed E-state index contributed by atoms with van der Waals surface area (Å²) in [5, 5.41) is 1.83. The summed E-state index contributed by atoms with van der Waals surface area (Å²) in [7, 11) is 0. The second kappa shape index (κ2) is 9.37. The van der Waals surface area contributed by atoms with Gasteiger partial charge >= 0.3 is 0 Å². The maximum atomic E-state index is 13.3. The zero-order chi connectivity index (χ0) is 22.8. The number of carbonyl (C=O) groups is 1. The monoisotopic (exact) mass is 476 g/mol. The molecule has 0 aliphatic carbocycles. The van der Waals surface area contributed by atoms with Crippen LogP contribution in [0.25, 0.3) is 11.1 Å². The summed E-state index contributed by atoms with van der Waals surface area (Å²) in [6.07, 6.45) is 0. The van der Waals surface area contributed by atoms with Crippen molar-refractivity contribution < 1.29 is 13.9 Å². The Morgan fingerprint density at radius 1 is 1.09 bits per heavy atom. The number of amides is 1. The molecular weight excluding hydrogens is 455 g/mol. The number of carbonyl (C=O) groups excluding carboxylic acids is 1. The van der Waals surface area contributed by atoms with Gasteiger partial charge < -0.3 is 4.74 Å². The fourth-order valence-corrected chi connectivity index (χ4v) is 5.62. The van der Waals surface area contributed by atoms with Crippen LogP contribution in [-0.2, 0) is 11.4 Å². The number of aryl methyl sites for hydroxylation is 1. The van der Waals surface area contributed by atoms with Crippen molar-refractivity contribution in [1.82, 2.24) is 4.98 Å². The minimum atomic E-state index is -0.279. The van der Waals surface area contributed by atoms with Gasteiger partial charge in [-0.15, -0.1) is 23.1 Å². The highest BCUT2D eigenvalue weighted by Gasteiger charge is 2.34. The minimum absolute atomic E-state index is 0.0554. The second-order valence-electron chi connectivity index (χ2n) is 7.77. The average molecular weight is 477 g/mol. The van der Waals surface area contributed by atoms with Crippen LogP contribution in [0.5, 0.6) is 5.75 Å². The number of hydrogen-bond donors (Lipinski definition) is 0. The highest BCUT2D eigenvalue weighted by atomic mass is 32.2. The summed E-state index contributed by atoms with van der Waals surface area (Å²) < 4.78 is 19.2. The van der Waals surface area contributed by atoms with Gasteiger partial charge in [-0.1, -0.05) is 30.3 Å². The number of benzene rings is 3. The molecule has 0 radical (unpaired) electrons. The molecule has 166 valence electrons. The molecule has 33 heavy (non-hydrogen) atoms. The molecule has 1 aliphatic rings. The molecule has 1 aromatic heterocycles. The van der Waals surface area contributed by atoms with Gasteiger partial charge in [0.05, 0.1) is 17.0 Å². The van der Waals surface area contributed by atoms with Crippen molar-refractivity contribution >= 4 is 34.7 Å². The van der Waals surface area contributed by atoms with E-state index in [-0.39, 0.29) is 17.1 Å². The fraction of sp³-hybridized carbons (Fsp3) is 0.154. The Balaban J connectivity index is 1.34. The number of ether oxygens (including phenoxy) is 1. The molecule has 0 saturated carbocycles. The van der Waals surface area contributed by atoms with Crippen molar-refractivity contribution in [2.45, 2.75) is 18.9 Å². The number of halogens is 1. The summed E-state index contributed by atoms with van der Waals surface area (Å²) in [5.74, 6) is 0.993. The molecule has 1 saturated heterocycles. The number of thiazole rings is 1. The lowest BCUT2D eigenvalue weighted by Gasteiger charge is -2.24. The van der Waals surface area contributed by atoms with Crippen LogP contribution in [0.4, 0.5) is 10.1 Å². The Labute approximate surface area is 200 Å². The van der Waals surface area contributed by atoms with Crippen LogP contribution in [-0.4, -0.2) is 16.6 Å². The zero-order valence-electron chi connectivity index (χ0n) is 17.9. The summed E-state index contributed by atoms with van der Waals surface area (Å²) in [6.45, 7) is 2.51. The van der Waals surface area contributed by atoms with E-state index in [4.69, 9.17) is 4.74 Å². The van der Waals surface area contributed by atoms with Crippen molar-refractivity contribution in [3.8, 4) is 16.9 Å². The van der Waals surface area contributed by atoms with Crippen LogP contribution in [0.1, 0.15) is 22.2 Å². The van der Waals surface area contributed by atoms with E-state index in [0.717, 1.165) is 39.4 Å². The Morgan fingerprint density at radius 3 is 2.58 bits per heavy atom. The predicted molar refractivity (Wildman–Crippen MR) is 132 cm³/mol. The van der Waals surface area contributed by atoms with E-state index in [9.17, 15) is 9.18 Å². The standard InChI is InChI=1S/C26H21FN2O2S2/c1-17-12-23(31-13-21-14-32-16-28-21)10-11-24(17)18-4-8-22(9-5-18)29-25(30)15-33-26(29)19-2-6-20(27)7-3-19/h2-12,14,16,26H,13,15H2,1H3. The third-order valence-electron chi connectivity index (χ3n) is 5.55. The first kappa shape index (κ1) is 21.7. The molecule has 4 nitrogen and oxygen atoms in total. The Morgan fingerprint density at radius 2 is 1.88 bits per heavy atom. The van der Waals surface area contributed by atoms with Crippen LogP contribution in [0, 0.1) is 12.7 Å². The molecule has 0 N–H and O–H groups in total. The van der Waals surface area contributed by atoms with E-state index in [1.54, 1.807) is 45.6 Å². The van der Waals surface area contributed by atoms with Crippen molar-refractivity contribution in [2.24, 2.45) is 0 Å². The lowest BCUT2D eigenvalue weighted by Crippen LogP contribution is -2.27. The number of thioether (sulfide) groups is 1. The van der Waals surface area contributed by atoms with E-state index in [2.05, 4.69) is 18.0 Å². The van der Waals surface area contributed by atoms with Crippen LogP contribution in [0.15, 0.2) is 77.6 Å². The predicted octanol–water partition coefficient (Wildman–Crippen LogP) is 6.62. The first-order chi connectivity index (χ1) is 16.1. The third kappa shape index (κ3) is 4.65. The van der Waals surface area contributed by atoms with E-state index >= 15 is 0 Å². The third-order valence-corrected chi connectivity index (χ3v) is 7.40. The maximum absolute atomic E-state index is 13.3. The molecule has 1 atom stereocenters. The van der Waals surface area contributed by atoms with Crippen molar-refractivity contribution in [3.63, 3.8) is 0 Å². The topological polar surface area (TPSA) is 42.4 Å². The van der Waals surface area contributed by atoms with E-state index in [1.165, 1.54) is 12.1 Å².